The quantitative estimate of drug-likeness (QED) is 0.352. The van der Waals surface area contributed by atoms with Crippen molar-refractivity contribution < 1.29 is 14.3 Å². The minimum absolute atomic E-state index is 0.125. The number of esters is 1. The first-order valence-corrected chi connectivity index (χ1v) is 8.88. The van der Waals surface area contributed by atoms with Crippen molar-refractivity contribution in [2.75, 3.05) is 6.61 Å². The molecular formula is C18H28BrNO3. The van der Waals surface area contributed by atoms with Gasteiger partial charge in [-0.1, -0.05) is 18.9 Å². The molecular weight excluding hydrogens is 358 g/mol. The fourth-order valence-electron chi connectivity index (χ4n) is 2.01. The average Bonchev–Trinajstić information content (AvgIpc) is 2.41. The second-order valence-electron chi connectivity index (χ2n) is 7.34. The lowest BCUT2D eigenvalue weighted by atomic mass is 9.87. The predicted octanol–water partition coefficient (Wildman–Crippen LogP) is 5.15. The van der Waals surface area contributed by atoms with Gasteiger partial charge in [-0.2, -0.15) is 0 Å². The van der Waals surface area contributed by atoms with Crippen LogP contribution in [0.1, 0.15) is 60.3 Å². The van der Waals surface area contributed by atoms with Crippen molar-refractivity contribution in [2.45, 2.75) is 65.9 Å². The van der Waals surface area contributed by atoms with Gasteiger partial charge in [0.25, 0.3) is 0 Å². The van der Waals surface area contributed by atoms with Crippen LogP contribution in [0, 0.1) is 5.41 Å². The molecule has 5 heteroatoms. The maximum Gasteiger partial charge on any atom is 0.312 e. The molecule has 0 saturated carbocycles. The lowest BCUT2D eigenvalue weighted by Crippen LogP contribution is -2.33. The minimum atomic E-state index is -0.444. The van der Waals surface area contributed by atoms with Crippen LogP contribution >= 0.6 is 15.9 Å². The van der Waals surface area contributed by atoms with E-state index in [0.29, 0.717) is 12.5 Å². The Bertz CT molecular complexity index is 509. The number of unbranched alkanes of at least 4 members (excludes halogenated alkanes) is 2. The summed E-state index contributed by atoms with van der Waals surface area (Å²) in [5.41, 5.74) is -0.876. The van der Waals surface area contributed by atoms with Gasteiger partial charge in [-0.15, -0.1) is 0 Å². The van der Waals surface area contributed by atoms with Gasteiger partial charge < -0.3 is 9.47 Å². The van der Waals surface area contributed by atoms with Crippen LogP contribution < -0.4 is 4.74 Å². The summed E-state index contributed by atoms with van der Waals surface area (Å²) >= 11 is 3.32. The molecule has 0 aliphatic rings. The molecule has 0 aliphatic carbocycles. The van der Waals surface area contributed by atoms with Crippen molar-refractivity contribution in [3.63, 3.8) is 0 Å². The lowest BCUT2D eigenvalue weighted by Gasteiger charge is -2.28. The molecule has 0 atom stereocenters. The van der Waals surface area contributed by atoms with Gasteiger partial charge in [0, 0.05) is 6.07 Å². The lowest BCUT2D eigenvalue weighted by molar-refractivity contribution is -0.166. The number of pyridine rings is 1. The Labute approximate surface area is 148 Å². The zero-order chi connectivity index (χ0) is 17.5. The van der Waals surface area contributed by atoms with Gasteiger partial charge in [-0.05, 0) is 69.5 Å². The Morgan fingerprint density at radius 1 is 1.13 bits per heavy atom. The van der Waals surface area contributed by atoms with E-state index in [1.165, 1.54) is 0 Å². The smallest absolute Gasteiger partial charge is 0.312 e. The van der Waals surface area contributed by atoms with E-state index < -0.39 is 11.0 Å². The van der Waals surface area contributed by atoms with Crippen LogP contribution in [-0.4, -0.2) is 23.2 Å². The van der Waals surface area contributed by atoms with Crippen LogP contribution in [0.15, 0.2) is 22.8 Å². The number of ether oxygens (including phenoxy) is 2. The average molecular weight is 386 g/mol. The third-order valence-corrected chi connectivity index (χ3v) is 3.78. The first-order valence-electron chi connectivity index (χ1n) is 8.09. The highest BCUT2D eigenvalue weighted by Crippen LogP contribution is 2.27. The minimum Gasteiger partial charge on any atom is -0.478 e. The fourth-order valence-corrected chi connectivity index (χ4v) is 2.34. The Morgan fingerprint density at radius 2 is 1.83 bits per heavy atom. The number of aromatic nitrogens is 1. The summed E-state index contributed by atoms with van der Waals surface area (Å²) < 4.78 is 11.8. The third-order valence-electron chi connectivity index (χ3n) is 3.34. The molecule has 0 unspecified atom stereocenters. The van der Waals surface area contributed by atoms with Crippen molar-refractivity contribution in [2.24, 2.45) is 5.41 Å². The molecule has 1 aromatic heterocycles. The van der Waals surface area contributed by atoms with Gasteiger partial charge in [0.15, 0.2) is 0 Å². The van der Waals surface area contributed by atoms with Gasteiger partial charge in [-0.25, -0.2) is 4.98 Å². The second-order valence-corrected chi connectivity index (χ2v) is 8.16. The molecule has 0 bridgehead atoms. The van der Waals surface area contributed by atoms with Gasteiger partial charge >= 0.3 is 5.97 Å². The SMILES string of the molecule is CC(C)(C)OC(=O)C(C)(C)CCCCCOc1cccc(Br)n1. The zero-order valence-corrected chi connectivity index (χ0v) is 16.4. The van der Waals surface area contributed by atoms with E-state index in [4.69, 9.17) is 9.47 Å². The monoisotopic (exact) mass is 385 g/mol. The summed E-state index contributed by atoms with van der Waals surface area (Å²) in [6.45, 7) is 10.2. The Balaban J connectivity index is 2.22. The molecule has 0 aliphatic heterocycles. The Morgan fingerprint density at radius 3 is 2.43 bits per heavy atom. The van der Waals surface area contributed by atoms with Crippen molar-refractivity contribution >= 4 is 21.9 Å². The highest BCUT2D eigenvalue weighted by atomic mass is 79.9. The molecule has 23 heavy (non-hydrogen) atoms. The molecule has 0 N–H and O–H groups in total. The number of halogens is 1. The molecule has 0 spiro atoms. The van der Waals surface area contributed by atoms with E-state index in [9.17, 15) is 4.79 Å². The molecule has 130 valence electrons. The number of nitrogens with zero attached hydrogens (tertiary/aromatic N) is 1. The highest BCUT2D eigenvalue weighted by Gasteiger charge is 2.31. The maximum absolute atomic E-state index is 12.2. The van der Waals surface area contributed by atoms with Crippen LogP contribution in [0.25, 0.3) is 0 Å². The standard InChI is InChI=1S/C18H28BrNO3/c1-17(2,3)23-16(21)18(4,5)12-7-6-8-13-22-15-11-9-10-14(19)20-15/h9-11H,6-8,12-13H2,1-5H3. The van der Waals surface area contributed by atoms with E-state index in [1.54, 1.807) is 0 Å². The summed E-state index contributed by atoms with van der Waals surface area (Å²) in [4.78, 5) is 16.4. The molecule has 1 heterocycles. The number of carbonyl (C=O) groups is 1. The molecule has 0 aromatic carbocycles. The molecule has 0 amide bonds. The van der Waals surface area contributed by atoms with Gasteiger partial charge in [-0.3, -0.25) is 4.79 Å². The summed E-state index contributed by atoms with van der Waals surface area (Å²) in [7, 11) is 0. The van der Waals surface area contributed by atoms with E-state index in [0.717, 1.165) is 30.3 Å². The molecule has 1 rings (SSSR count). The topological polar surface area (TPSA) is 48.4 Å². The first kappa shape index (κ1) is 19.9. The van der Waals surface area contributed by atoms with E-state index >= 15 is 0 Å². The third kappa shape index (κ3) is 8.35. The van der Waals surface area contributed by atoms with Crippen LogP contribution in [0.5, 0.6) is 5.88 Å². The van der Waals surface area contributed by atoms with Crippen molar-refractivity contribution in [1.82, 2.24) is 4.98 Å². The van der Waals surface area contributed by atoms with Gasteiger partial charge in [0.2, 0.25) is 5.88 Å². The first-order chi connectivity index (χ1) is 10.6. The number of hydrogen-bond acceptors (Lipinski definition) is 4. The molecule has 4 nitrogen and oxygen atoms in total. The van der Waals surface area contributed by atoms with E-state index in [2.05, 4.69) is 20.9 Å². The number of rotatable bonds is 8. The number of hydrogen-bond donors (Lipinski definition) is 0. The van der Waals surface area contributed by atoms with Crippen LogP contribution in [0.2, 0.25) is 0 Å². The van der Waals surface area contributed by atoms with E-state index in [-0.39, 0.29) is 5.97 Å². The summed E-state index contributed by atoms with van der Waals surface area (Å²) in [5.74, 6) is 0.507. The number of carbonyl (C=O) groups excluding carboxylic acids is 1. The highest BCUT2D eigenvalue weighted by molar-refractivity contribution is 9.10. The van der Waals surface area contributed by atoms with Crippen LogP contribution in [0.3, 0.4) is 0 Å². The summed E-state index contributed by atoms with van der Waals surface area (Å²) in [5, 5.41) is 0. The van der Waals surface area contributed by atoms with Gasteiger partial charge in [0.1, 0.15) is 10.2 Å². The second kappa shape index (κ2) is 8.67. The Kier molecular flexibility index (Phi) is 7.52. The molecule has 1 aromatic rings. The molecule has 0 fully saturated rings. The zero-order valence-electron chi connectivity index (χ0n) is 14.8. The van der Waals surface area contributed by atoms with Crippen LogP contribution in [0.4, 0.5) is 0 Å². The molecule has 0 saturated heterocycles. The summed E-state index contributed by atoms with van der Waals surface area (Å²) in [6, 6.07) is 5.61. The fraction of sp³-hybridized carbons (Fsp3) is 0.667. The molecule has 0 radical (unpaired) electrons. The van der Waals surface area contributed by atoms with Gasteiger partial charge in [0.05, 0.1) is 12.0 Å². The Hall–Kier alpha value is -1.10. The summed E-state index contributed by atoms with van der Waals surface area (Å²) in [6.07, 6.45) is 3.75. The predicted molar refractivity (Wildman–Crippen MR) is 95.5 cm³/mol. The largest absolute Gasteiger partial charge is 0.478 e. The van der Waals surface area contributed by atoms with Crippen molar-refractivity contribution in [3.05, 3.63) is 22.8 Å². The van der Waals surface area contributed by atoms with Crippen molar-refractivity contribution in [1.29, 1.82) is 0 Å². The van der Waals surface area contributed by atoms with Crippen LogP contribution in [-0.2, 0) is 9.53 Å². The normalized spacial score (nSPS) is 12.1. The van der Waals surface area contributed by atoms with E-state index in [1.807, 2.05) is 52.8 Å². The maximum atomic E-state index is 12.2. The van der Waals surface area contributed by atoms with Crippen molar-refractivity contribution in [3.8, 4) is 5.88 Å².